The van der Waals surface area contributed by atoms with Gasteiger partial charge in [-0.25, -0.2) is 0 Å². The van der Waals surface area contributed by atoms with Crippen LogP contribution in [0.1, 0.15) is 36.5 Å². The highest BCUT2D eigenvalue weighted by Gasteiger charge is 2.18. The zero-order chi connectivity index (χ0) is 19.9. The van der Waals surface area contributed by atoms with Gasteiger partial charge in [0.15, 0.2) is 5.11 Å². The van der Waals surface area contributed by atoms with Gasteiger partial charge in [-0.1, -0.05) is 17.7 Å². The van der Waals surface area contributed by atoms with Crippen LogP contribution >= 0.6 is 23.8 Å². The fourth-order valence-electron chi connectivity index (χ4n) is 3.25. The van der Waals surface area contributed by atoms with Crippen LogP contribution in [0.15, 0.2) is 42.5 Å². The van der Waals surface area contributed by atoms with E-state index in [2.05, 4.69) is 15.5 Å². The molecule has 5 nitrogen and oxygen atoms in total. The number of halogens is 1. The van der Waals surface area contributed by atoms with Gasteiger partial charge in [0.25, 0.3) is 5.91 Å². The van der Waals surface area contributed by atoms with E-state index < -0.39 is 0 Å². The average molecular weight is 418 g/mol. The molecule has 0 aliphatic carbocycles. The maximum absolute atomic E-state index is 12.5. The molecule has 1 saturated heterocycles. The third kappa shape index (κ3) is 5.14. The summed E-state index contributed by atoms with van der Waals surface area (Å²) in [5.74, 6) is 0.451. The first kappa shape index (κ1) is 20.4. The Morgan fingerprint density at radius 1 is 1.14 bits per heavy atom. The smallest absolute Gasteiger partial charge is 0.257 e. The van der Waals surface area contributed by atoms with E-state index in [1.165, 1.54) is 6.42 Å². The van der Waals surface area contributed by atoms with E-state index in [0.29, 0.717) is 17.2 Å². The van der Waals surface area contributed by atoms with Crippen molar-refractivity contribution in [2.45, 2.75) is 26.2 Å². The quantitative estimate of drug-likeness (QED) is 0.680. The van der Waals surface area contributed by atoms with E-state index in [4.69, 9.17) is 28.6 Å². The molecule has 0 atom stereocenters. The number of carbonyl (C=O) groups is 1. The van der Waals surface area contributed by atoms with E-state index in [1.54, 1.807) is 24.3 Å². The monoisotopic (exact) mass is 417 g/mol. The van der Waals surface area contributed by atoms with Crippen molar-refractivity contribution in [3.8, 4) is 5.75 Å². The Morgan fingerprint density at radius 3 is 2.54 bits per heavy atom. The van der Waals surface area contributed by atoms with Gasteiger partial charge in [0, 0.05) is 18.7 Å². The molecular formula is C21H24ClN3O2S. The molecule has 2 aromatic rings. The Balaban J connectivity index is 1.67. The van der Waals surface area contributed by atoms with Gasteiger partial charge < -0.3 is 15.0 Å². The van der Waals surface area contributed by atoms with Crippen LogP contribution in [0.25, 0.3) is 0 Å². The molecule has 0 bridgehead atoms. The van der Waals surface area contributed by atoms with Crippen LogP contribution in [-0.4, -0.2) is 30.7 Å². The van der Waals surface area contributed by atoms with Gasteiger partial charge in [0.2, 0.25) is 0 Å². The van der Waals surface area contributed by atoms with Crippen LogP contribution in [0, 0.1) is 0 Å². The molecule has 148 valence electrons. The molecule has 7 heteroatoms. The number of amides is 1. The summed E-state index contributed by atoms with van der Waals surface area (Å²) in [6, 6.07) is 12.6. The molecule has 1 amide bonds. The number of piperidine rings is 1. The number of carbonyl (C=O) groups excluding carboxylic acids is 1. The van der Waals surface area contributed by atoms with E-state index in [1.807, 2.05) is 25.1 Å². The highest BCUT2D eigenvalue weighted by molar-refractivity contribution is 7.80. The Hall–Kier alpha value is -2.31. The molecule has 0 radical (unpaired) electrons. The van der Waals surface area contributed by atoms with E-state index >= 15 is 0 Å². The largest absolute Gasteiger partial charge is 0.494 e. The number of nitrogens with zero attached hydrogens (tertiary/aromatic N) is 1. The summed E-state index contributed by atoms with van der Waals surface area (Å²) in [5.41, 5.74) is 2.24. The molecule has 0 aromatic heterocycles. The number of anilines is 2. The van der Waals surface area contributed by atoms with Crippen LogP contribution < -0.4 is 20.3 Å². The van der Waals surface area contributed by atoms with Gasteiger partial charge in [0.1, 0.15) is 5.75 Å². The second kappa shape index (κ2) is 9.75. The van der Waals surface area contributed by atoms with E-state index in [9.17, 15) is 4.79 Å². The average Bonchev–Trinajstić information content (AvgIpc) is 2.69. The summed E-state index contributed by atoms with van der Waals surface area (Å²) >= 11 is 11.8. The van der Waals surface area contributed by atoms with E-state index in [0.717, 1.165) is 43.1 Å². The lowest BCUT2D eigenvalue weighted by atomic mass is 10.1. The molecule has 1 aliphatic heterocycles. The Labute approximate surface area is 176 Å². The fourth-order valence-corrected chi connectivity index (χ4v) is 3.75. The molecule has 1 aliphatic rings. The fraction of sp³-hybridized carbons (Fsp3) is 0.333. The van der Waals surface area contributed by atoms with Crippen molar-refractivity contribution in [2.24, 2.45) is 0 Å². The maximum Gasteiger partial charge on any atom is 0.257 e. The number of ether oxygens (including phenoxy) is 1. The lowest BCUT2D eigenvalue weighted by Gasteiger charge is -2.31. The number of rotatable bonds is 5. The number of hydrogen-bond donors (Lipinski definition) is 2. The molecule has 0 saturated carbocycles. The highest BCUT2D eigenvalue weighted by Crippen LogP contribution is 2.35. The van der Waals surface area contributed by atoms with Gasteiger partial charge in [-0.15, -0.1) is 0 Å². The van der Waals surface area contributed by atoms with Crippen LogP contribution in [0.4, 0.5) is 11.4 Å². The van der Waals surface area contributed by atoms with Gasteiger partial charge in [-0.2, -0.15) is 0 Å². The molecule has 0 unspecified atom stereocenters. The third-order valence-electron chi connectivity index (χ3n) is 4.56. The minimum Gasteiger partial charge on any atom is -0.494 e. The molecule has 2 N–H and O–H groups in total. The first-order valence-corrected chi connectivity index (χ1v) is 10.3. The van der Waals surface area contributed by atoms with Crippen molar-refractivity contribution in [3.63, 3.8) is 0 Å². The Bertz CT molecular complexity index is 836. The standard InChI is InChI=1S/C21H24ClN3O2S/c1-2-27-16-11-9-15(10-12-16)20(26)24-21(28)23-18-8-6-7-17(22)19(18)25-13-4-3-5-14-25/h6-12H,2-5,13-14H2,1H3,(H2,23,24,26,28). The second-order valence-electron chi connectivity index (χ2n) is 6.55. The molecule has 0 spiro atoms. The predicted molar refractivity (Wildman–Crippen MR) is 119 cm³/mol. The number of para-hydroxylation sites is 1. The third-order valence-corrected chi connectivity index (χ3v) is 5.07. The highest BCUT2D eigenvalue weighted by atomic mass is 35.5. The Kier molecular flexibility index (Phi) is 7.12. The molecule has 1 fully saturated rings. The second-order valence-corrected chi connectivity index (χ2v) is 7.36. The van der Waals surface area contributed by atoms with Crippen LogP contribution in [0.5, 0.6) is 5.75 Å². The van der Waals surface area contributed by atoms with Gasteiger partial charge >= 0.3 is 0 Å². The van der Waals surface area contributed by atoms with Crippen molar-refractivity contribution in [1.82, 2.24) is 5.32 Å². The lowest BCUT2D eigenvalue weighted by Crippen LogP contribution is -2.35. The topological polar surface area (TPSA) is 53.6 Å². The normalized spacial score (nSPS) is 13.7. The summed E-state index contributed by atoms with van der Waals surface area (Å²) < 4.78 is 5.40. The number of hydrogen-bond acceptors (Lipinski definition) is 4. The van der Waals surface area contributed by atoms with Crippen molar-refractivity contribution >= 4 is 46.2 Å². The van der Waals surface area contributed by atoms with Crippen LogP contribution in [0.3, 0.4) is 0 Å². The lowest BCUT2D eigenvalue weighted by molar-refractivity contribution is 0.0977. The summed E-state index contributed by atoms with van der Waals surface area (Å²) in [4.78, 5) is 14.7. The van der Waals surface area contributed by atoms with Crippen molar-refractivity contribution < 1.29 is 9.53 Å². The molecule has 2 aromatic carbocycles. The summed E-state index contributed by atoms with van der Waals surface area (Å²) in [5, 5.41) is 6.76. The zero-order valence-corrected chi connectivity index (χ0v) is 17.4. The van der Waals surface area contributed by atoms with E-state index in [-0.39, 0.29) is 11.0 Å². The van der Waals surface area contributed by atoms with Crippen molar-refractivity contribution in [2.75, 3.05) is 29.9 Å². The van der Waals surface area contributed by atoms with Gasteiger partial charge in [0.05, 0.1) is 23.0 Å². The van der Waals surface area contributed by atoms with Gasteiger partial charge in [-0.05, 0) is 74.8 Å². The van der Waals surface area contributed by atoms with Crippen LogP contribution in [-0.2, 0) is 0 Å². The SMILES string of the molecule is CCOc1ccc(C(=O)NC(=S)Nc2cccc(Cl)c2N2CCCCC2)cc1. The van der Waals surface area contributed by atoms with Crippen molar-refractivity contribution in [1.29, 1.82) is 0 Å². The summed E-state index contributed by atoms with van der Waals surface area (Å²) in [6.07, 6.45) is 3.52. The zero-order valence-electron chi connectivity index (χ0n) is 15.8. The minimum atomic E-state index is -0.276. The van der Waals surface area contributed by atoms with Crippen LogP contribution in [0.2, 0.25) is 5.02 Å². The molecular weight excluding hydrogens is 394 g/mol. The Morgan fingerprint density at radius 2 is 1.86 bits per heavy atom. The maximum atomic E-state index is 12.5. The summed E-state index contributed by atoms with van der Waals surface area (Å²) in [7, 11) is 0. The number of thiocarbonyl (C=S) groups is 1. The minimum absolute atomic E-state index is 0.236. The molecule has 1 heterocycles. The number of nitrogens with one attached hydrogen (secondary N) is 2. The summed E-state index contributed by atoms with van der Waals surface area (Å²) in [6.45, 7) is 4.42. The predicted octanol–water partition coefficient (Wildman–Crippen LogP) is 4.86. The van der Waals surface area contributed by atoms with Crippen molar-refractivity contribution in [3.05, 3.63) is 53.1 Å². The first-order chi connectivity index (χ1) is 13.6. The first-order valence-electron chi connectivity index (χ1n) is 9.47. The number of benzene rings is 2. The van der Waals surface area contributed by atoms with Gasteiger partial charge in [-0.3, -0.25) is 10.1 Å². The molecule has 28 heavy (non-hydrogen) atoms. The molecule has 3 rings (SSSR count).